The van der Waals surface area contributed by atoms with Crippen molar-refractivity contribution < 1.29 is 4.79 Å². The van der Waals surface area contributed by atoms with E-state index in [9.17, 15) is 4.79 Å². The second-order valence-corrected chi connectivity index (χ2v) is 7.17. The minimum absolute atomic E-state index is 0.184. The molecule has 0 fully saturated rings. The van der Waals surface area contributed by atoms with Crippen molar-refractivity contribution in [2.75, 3.05) is 6.54 Å². The molecule has 0 aliphatic carbocycles. The molecule has 1 amide bonds. The molecule has 0 spiro atoms. The third-order valence-electron chi connectivity index (χ3n) is 3.57. The van der Waals surface area contributed by atoms with Crippen LogP contribution in [0.3, 0.4) is 0 Å². The maximum Gasteiger partial charge on any atom is 0.270 e. The van der Waals surface area contributed by atoms with E-state index in [1.54, 1.807) is 29.1 Å². The van der Waals surface area contributed by atoms with Crippen LogP contribution in [0.2, 0.25) is 0 Å². The number of carbonyl (C=O) groups excluding carboxylic acids is 1. The summed E-state index contributed by atoms with van der Waals surface area (Å²) in [5.41, 5.74) is 1.29. The topological polar surface area (TPSA) is 96.5 Å². The highest BCUT2D eigenvalue weighted by molar-refractivity contribution is 7.20. The van der Waals surface area contributed by atoms with Crippen LogP contribution < -0.4 is 5.32 Å². The van der Waals surface area contributed by atoms with E-state index in [1.165, 1.54) is 11.3 Å². The van der Waals surface area contributed by atoms with Gasteiger partial charge in [-0.2, -0.15) is 5.10 Å². The molecule has 0 aromatic carbocycles. The van der Waals surface area contributed by atoms with Crippen molar-refractivity contribution >= 4 is 28.6 Å². The van der Waals surface area contributed by atoms with Gasteiger partial charge in [-0.1, -0.05) is 6.07 Å². The van der Waals surface area contributed by atoms with Gasteiger partial charge in [-0.3, -0.25) is 14.9 Å². The number of aromatic amines is 1. The molecule has 4 aromatic heterocycles. The number of rotatable bonds is 6. The molecule has 0 unspecified atom stereocenters. The molecule has 0 radical (unpaired) electrons. The first-order valence-electron chi connectivity index (χ1n) is 7.89. The smallest absolute Gasteiger partial charge is 0.270 e. The van der Waals surface area contributed by atoms with E-state index >= 15 is 0 Å². The third kappa shape index (κ3) is 3.68. The van der Waals surface area contributed by atoms with Crippen molar-refractivity contribution in [3.05, 3.63) is 58.9 Å². The Morgan fingerprint density at radius 2 is 2.15 bits per heavy atom. The molecular weight excluding hydrogens is 368 g/mol. The van der Waals surface area contributed by atoms with Gasteiger partial charge in [0.15, 0.2) is 5.82 Å². The van der Waals surface area contributed by atoms with Gasteiger partial charge in [0.2, 0.25) is 0 Å². The van der Waals surface area contributed by atoms with E-state index in [2.05, 4.69) is 30.5 Å². The zero-order valence-electron chi connectivity index (χ0n) is 13.5. The Balaban J connectivity index is 1.32. The van der Waals surface area contributed by atoms with Gasteiger partial charge in [0.05, 0.1) is 4.88 Å². The van der Waals surface area contributed by atoms with Crippen LogP contribution in [0.15, 0.2) is 47.4 Å². The van der Waals surface area contributed by atoms with E-state index in [1.807, 2.05) is 29.6 Å². The molecule has 4 heterocycles. The molecule has 4 rings (SSSR count). The Kier molecular flexibility index (Phi) is 4.80. The van der Waals surface area contributed by atoms with Crippen molar-refractivity contribution in [2.45, 2.75) is 6.42 Å². The lowest BCUT2D eigenvalue weighted by molar-refractivity contribution is 0.0950. The highest BCUT2D eigenvalue weighted by atomic mass is 32.1. The summed E-state index contributed by atoms with van der Waals surface area (Å²) in [5.74, 6) is 1.12. The number of hydrogen-bond acceptors (Lipinski definition) is 7. The highest BCUT2D eigenvalue weighted by Crippen LogP contribution is 2.27. The molecule has 0 bridgehead atoms. The number of carbonyl (C=O) groups is 1. The molecule has 4 aromatic rings. The summed E-state index contributed by atoms with van der Waals surface area (Å²) in [6, 6.07) is 7.70. The predicted octanol–water partition coefficient (Wildman–Crippen LogP) is 3.02. The molecule has 0 aliphatic rings. The number of H-pyrrole nitrogens is 1. The fraction of sp³-hybridized carbons (Fsp3) is 0.118. The quantitative estimate of drug-likeness (QED) is 0.534. The van der Waals surface area contributed by atoms with Gasteiger partial charge in [0.25, 0.3) is 5.91 Å². The van der Waals surface area contributed by atoms with Crippen LogP contribution in [0.5, 0.6) is 0 Å². The van der Waals surface area contributed by atoms with Gasteiger partial charge < -0.3 is 5.32 Å². The number of hydrogen-bond donors (Lipinski definition) is 2. The number of pyridine rings is 1. The number of nitrogens with zero attached hydrogens (tertiary/aromatic N) is 4. The molecule has 130 valence electrons. The standard InChI is InChI=1S/C17H14N6OS2/c24-16(12-10-26-17(20-12)13-4-2-8-25-13)19-7-5-14-21-15(23-22-14)11-3-1-6-18-9-11/h1-4,6,8-10H,5,7H2,(H,19,24)(H,21,22,23). The van der Waals surface area contributed by atoms with Crippen LogP contribution in [0.25, 0.3) is 21.3 Å². The molecule has 0 atom stereocenters. The average molecular weight is 382 g/mol. The van der Waals surface area contributed by atoms with Crippen LogP contribution >= 0.6 is 22.7 Å². The maximum atomic E-state index is 12.2. The number of thiophene rings is 1. The van der Waals surface area contributed by atoms with Gasteiger partial charge in [-0.25, -0.2) is 9.97 Å². The highest BCUT2D eigenvalue weighted by Gasteiger charge is 2.12. The minimum Gasteiger partial charge on any atom is -0.350 e. The number of thiazole rings is 1. The summed E-state index contributed by atoms with van der Waals surface area (Å²) in [7, 11) is 0. The van der Waals surface area contributed by atoms with Gasteiger partial charge >= 0.3 is 0 Å². The van der Waals surface area contributed by atoms with Crippen molar-refractivity contribution in [3.63, 3.8) is 0 Å². The van der Waals surface area contributed by atoms with Crippen LogP contribution in [-0.4, -0.2) is 37.6 Å². The molecule has 0 saturated heterocycles. The van der Waals surface area contributed by atoms with Crippen LogP contribution in [0.1, 0.15) is 16.3 Å². The number of amides is 1. The Labute approximate surface area is 157 Å². The summed E-state index contributed by atoms with van der Waals surface area (Å²) < 4.78 is 0. The first kappa shape index (κ1) is 16.6. The van der Waals surface area contributed by atoms with Crippen molar-refractivity contribution in [2.24, 2.45) is 0 Å². The van der Waals surface area contributed by atoms with E-state index in [0.29, 0.717) is 30.3 Å². The average Bonchev–Trinajstić information content (AvgIpc) is 3.42. The lowest BCUT2D eigenvalue weighted by Gasteiger charge is -2.00. The Morgan fingerprint density at radius 1 is 1.19 bits per heavy atom. The van der Waals surface area contributed by atoms with E-state index in [-0.39, 0.29) is 5.91 Å². The fourth-order valence-corrected chi connectivity index (χ4v) is 3.92. The maximum absolute atomic E-state index is 12.2. The zero-order chi connectivity index (χ0) is 17.8. The lowest BCUT2D eigenvalue weighted by Crippen LogP contribution is -2.26. The number of aromatic nitrogens is 5. The van der Waals surface area contributed by atoms with Gasteiger partial charge in [-0.05, 0) is 23.6 Å². The normalized spacial score (nSPS) is 10.8. The lowest BCUT2D eigenvalue weighted by atomic mass is 10.3. The largest absolute Gasteiger partial charge is 0.350 e. The first-order chi connectivity index (χ1) is 12.8. The van der Waals surface area contributed by atoms with E-state index in [0.717, 1.165) is 15.4 Å². The SMILES string of the molecule is O=C(NCCc1nc(-c2cccnc2)n[nH]1)c1csc(-c2cccs2)n1. The van der Waals surface area contributed by atoms with Crippen molar-refractivity contribution in [3.8, 4) is 21.3 Å². The van der Waals surface area contributed by atoms with Gasteiger partial charge in [0.1, 0.15) is 16.5 Å². The Hall–Kier alpha value is -2.91. The zero-order valence-corrected chi connectivity index (χ0v) is 15.2. The molecule has 7 nitrogen and oxygen atoms in total. The van der Waals surface area contributed by atoms with Gasteiger partial charge in [0, 0.05) is 36.3 Å². The third-order valence-corrected chi connectivity index (χ3v) is 5.45. The summed E-state index contributed by atoms with van der Waals surface area (Å²) in [5, 5.41) is 14.6. The molecule has 0 aliphatic heterocycles. The monoisotopic (exact) mass is 382 g/mol. The van der Waals surface area contributed by atoms with Crippen LogP contribution in [0.4, 0.5) is 0 Å². The molecular formula is C17H14N6OS2. The van der Waals surface area contributed by atoms with Crippen molar-refractivity contribution in [1.82, 2.24) is 30.5 Å². The number of nitrogens with one attached hydrogen (secondary N) is 2. The molecule has 0 saturated carbocycles. The summed E-state index contributed by atoms with van der Waals surface area (Å²) in [6.07, 6.45) is 3.97. The van der Waals surface area contributed by atoms with E-state index in [4.69, 9.17) is 0 Å². The van der Waals surface area contributed by atoms with Crippen molar-refractivity contribution in [1.29, 1.82) is 0 Å². The van der Waals surface area contributed by atoms with Crippen LogP contribution in [-0.2, 0) is 6.42 Å². The second-order valence-electron chi connectivity index (χ2n) is 5.37. The molecule has 2 N–H and O–H groups in total. The minimum atomic E-state index is -0.184. The Bertz CT molecular complexity index is 993. The molecule has 26 heavy (non-hydrogen) atoms. The summed E-state index contributed by atoms with van der Waals surface area (Å²) in [6.45, 7) is 0.451. The van der Waals surface area contributed by atoms with Crippen LogP contribution in [0, 0.1) is 0 Å². The predicted molar refractivity (Wildman–Crippen MR) is 101 cm³/mol. The first-order valence-corrected chi connectivity index (χ1v) is 9.65. The summed E-state index contributed by atoms with van der Waals surface area (Å²) >= 11 is 3.08. The van der Waals surface area contributed by atoms with E-state index < -0.39 is 0 Å². The molecule has 9 heteroatoms. The Morgan fingerprint density at radius 3 is 2.96 bits per heavy atom. The second kappa shape index (κ2) is 7.54. The summed E-state index contributed by atoms with van der Waals surface area (Å²) in [4.78, 5) is 26.2. The van der Waals surface area contributed by atoms with Gasteiger partial charge in [-0.15, -0.1) is 22.7 Å². The fourth-order valence-electron chi connectivity index (χ4n) is 2.31.